The lowest BCUT2D eigenvalue weighted by Crippen LogP contribution is -2.04. The van der Waals surface area contributed by atoms with Gasteiger partial charge in [0.1, 0.15) is 0 Å². The molecule has 0 fully saturated rings. The number of nitrogens with zero attached hydrogens (tertiary/aromatic N) is 2. The van der Waals surface area contributed by atoms with Gasteiger partial charge in [-0.2, -0.15) is 5.10 Å². The third-order valence-corrected chi connectivity index (χ3v) is 3.92. The Morgan fingerprint density at radius 3 is 2.67 bits per heavy atom. The van der Waals surface area contributed by atoms with Crippen LogP contribution in [0.2, 0.25) is 5.02 Å². The molecule has 2 aromatic carbocycles. The van der Waals surface area contributed by atoms with E-state index in [9.17, 15) is 0 Å². The molecule has 4 heteroatoms. The predicted molar refractivity (Wildman–Crippen MR) is 84.8 cm³/mol. The van der Waals surface area contributed by atoms with Crippen molar-refractivity contribution in [3.05, 3.63) is 76.6 Å². The van der Waals surface area contributed by atoms with Gasteiger partial charge in [-0.15, -0.1) is 0 Å². The summed E-state index contributed by atoms with van der Waals surface area (Å²) in [6.45, 7) is 0.589. The molecule has 1 aliphatic rings. The Bertz CT molecular complexity index is 834. The Balaban J connectivity index is 2.00. The molecule has 1 aromatic heterocycles. The van der Waals surface area contributed by atoms with Crippen LogP contribution in [0.25, 0.3) is 11.1 Å². The second kappa shape index (κ2) is 4.86. The van der Waals surface area contributed by atoms with E-state index in [-0.39, 0.29) is 0 Å². The Morgan fingerprint density at radius 1 is 0.952 bits per heavy atom. The monoisotopic (exact) mass is 293 g/mol. The van der Waals surface area contributed by atoms with Gasteiger partial charge in [0.2, 0.25) is 0 Å². The summed E-state index contributed by atoms with van der Waals surface area (Å²) in [6, 6.07) is 16.1. The van der Waals surface area contributed by atoms with Gasteiger partial charge in [-0.1, -0.05) is 48.0 Å². The molecule has 1 aliphatic heterocycles. The Morgan fingerprint density at radius 2 is 1.81 bits per heavy atom. The zero-order valence-corrected chi connectivity index (χ0v) is 11.9. The summed E-state index contributed by atoms with van der Waals surface area (Å²) in [5.41, 5.74) is 6.36. The van der Waals surface area contributed by atoms with E-state index in [0.29, 0.717) is 11.6 Å². The molecule has 0 aliphatic carbocycles. The number of H-pyrrole nitrogens is 1. The van der Waals surface area contributed by atoms with E-state index in [1.807, 2.05) is 42.6 Å². The first-order valence-corrected chi connectivity index (χ1v) is 7.13. The minimum atomic E-state index is 0.589. The number of nitrogens with one attached hydrogen (secondary N) is 1. The van der Waals surface area contributed by atoms with Gasteiger partial charge in [-0.05, 0) is 17.7 Å². The van der Waals surface area contributed by atoms with Gasteiger partial charge in [0, 0.05) is 21.7 Å². The fraction of sp³-hybridized carbons (Fsp3) is 0.0588. The van der Waals surface area contributed by atoms with Gasteiger partial charge in [0.25, 0.3) is 0 Å². The number of aliphatic imine (C=N–C) groups is 1. The number of aromatic nitrogens is 2. The molecule has 102 valence electrons. The minimum Gasteiger partial charge on any atom is -0.280 e. The fourth-order valence-electron chi connectivity index (χ4n) is 2.70. The highest BCUT2D eigenvalue weighted by atomic mass is 35.5. The SMILES string of the molecule is Clc1ccc2c(c1)C(c1ccccc1)=NCc1[nH]ncc1-2. The number of hydrogen-bond acceptors (Lipinski definition) is 2. The Kier molecular flexibility index (Phi) is 2.86. The molecule has 0 spiro atoms. The normalized spacial score (nSPS) is 13.1. The van der Waals surface area contributed by atoms with E-state index >= 15 is 0 Å². The molecule has 1 N–H and O–H groups in total. The van der Waals surface area contributed by atoms with Crippen LogP contribution in [0.5, 0.6) is 0 Å². The van der Waals surface area contributed by atoms with Crippen LogP contribution < -0.4 is 0 Å². The molecule has 2 heterocycles. The standard InChI is InChI=1S/C17H12ClN3/c18-12-6-7-13-14(8-12)17(11-4-2-1-3-5-11)19-10-16-15(13)9-20-21-16/h1-9H,10H2,(H,20,21). The van der Waals surface area contributed by atoms with Crippen molar-refractivity contribution in [2.75, 3.05) is 0 Å². The molecule has 3 aromatic rings. The molecule has 0 atom stereocenters. The summed E-state index contributed by atoms with van der Waals surface area (Å²) >= 11 is 6.21. The van der Waals surface area contributed by atoms with Crippen molar-refractivity contribution in [3.63, 3.8) is 0 Å². The molecule has 0 radical (unpaired) electrons. The number of rotatable bonds is 1. The zero-order valence-electron chi connectivity index (χ0n) is 11.2. The van der Waals surface area contributed by atoms with Gasteiger partial charge in [-0.3, -0.25) is 10.1 Å². The van der Waals surface area contributed by atoms with Crippen molar-refractivity contribution in [2.24, 2.45) is 4.99 Å². The smallest absolute Gasteiger partial charge is 0.0820 e. The minimum absolute atomic E-state index is 0.589. The summed E-state index contributed by atoms with van der Waals surface area (Å²) in [5.74, 6) is 0. The molecule has 21 heavy (non-hydrogen) atoms. The van der Waals surface area contributed by atoms with Crippen LogP contribution >= 0.6 is 11.6 Å². The summed E-state index contributed by atoms with van der Waals surface area (Å²) in [7, 11) is 0. The third kappa shape index (κ3) is 2.06. The van der Waals surface area contributed by atoms with E-state index in [4.69, 9.17) is 16.6 Å². The van der Waals surface area contributed by atoms with Crippen LogP contribution in [-0.2, 0) is 6.54 Å². The third-order valence-electron chi connectivity index (χ3n) is 3.69. The first kappa shape index (κ1) is 12.4. The van der Waals surface area contributed by atoms with Crippen molar-refractivity contribution in [1.29, 1.82) is 0 Å². The topological polar surface area (TPSA) is 41.0 Å². The molecular weight excluding hydrogens is 282 g/mol. The maximum atomic E-state index is 6.21. The predicted octanol–water partition coefficient (Wildman–Crippen LogP) is 4.08. The highest BCUT2D eigenvalue weighted by Gasteiger charge is 2.20. The highest BCUT2D eigenvalue weighted by molar-refractivity contribution is 6.31. The van der Waals surface area contributed by atoms with E-state index < -0.39 is 0 Å². The fourth-order valence-corrected chi connectivity index (χ4v) is 2.87. The van der Waals surface area contributed by atoms with Gasteiger partial charge in [-0.25, -0.2) is 0 Å². The Hall–Kier alpha value is -2.39. The van der Waals surface area contributed by atoms with E-state index in [2.05, 4.69) is 22.3 Å². The number of fused-ring (bicyclic) bond motifs is 3. The van der Waals surface area contributed by atoms with Crippen LogP contribution in [0.15, 0.2) is 59.7 Å². The molecule has 0 amide bonds. The largest absolute Gasteiger partial charge is 0.280 e. The molecular formula is C17H12ClN3. The lowest BCUT2D eigenvalue weighted by atomic mass is 9.94. The van der Waals surface area contributed by atoms with Gasteiger partial charge in [0.05, 0.1) is 24.1 Å². The quantitative estimate of drug-likeness (QED) is 0.721. The summed E-state index contributed by atoms with van der Waals surface area (Å²) in [5, 5.41) is 7.88. The first-order valence-electron chi connectivity index (χ1n) is 6.75. The van der Waals surface area contributed by atoms with Crippen molar-refractivity contribution in [2.45, 2.75) is 6.54 Å². The van der Waals surface area contributed by atoms with E-state index in [1.165, 1.54) is 0 Å². The van der Waals surface area contributed by atoms with Crippen LogP contribution in [0.1, 0.15) is 16.8 Å². The van der Waals surface area contributed by atoms with Gasteiger partial charge < -0.3 is 0 Å². The molecule has 3 nitrogen and oxygen atoms in total. The lowest BCUT2D eigenvalue weighted by Gasteiger charge is -2.10. The highest BCUT2D eigenvalue weighted by Crippen LogP contribution is 2.33. The van der Waals surface area contributed by atoms with E-state index in [0.717, 1.165) is 33.7 Å². The van der Waals surface area contributed by atoms with Crippen molar-refractivity contribution in [3.8, 4) is 11.1 Å². The summed E-state index contributed by atoms with van der Waals surface area (Å²) in [4.78, 5) is 4.78. The van der Waals surface area contributed by atoms with Crippen molar-refractivity contribution >= 4 is 17.3 Å². The Labute approximate surface area is 127 Å². The molecule has 4 rings (SSSR count). The average molecular weight is 294 g/mol. The van der Waals surface area contributed by atoms with Crippen LogP contribution in [0, 0.1) is 0 Å². The average Bonchev–Trinajstić information content (AvgIpc) is 2.92. The van der Waals surface area contributed by atoms with Gasteiger partial charge >= 0.3 is 0 Å². The van der Waals surface area contributed by atoms with Gasteiger partial charge in [0.15, 0.2) is 0 Å². The molecule has 0 saturated heterocycles. The zero-order chi connectivity index (χ0) is 14.2. The lowest BCUT2D eigenvalue weighted by molar-refractivity contribution is 0.951. The maximum Gasteiger partial charge on any atom is 0.0820 e. The molecule has 0 bridgehead atoms. The van der Waals surface area contributed by atoms with Crippen LogP contribution in [0.3, 0.4) is 0 Å². The number of aromatic amines is 1. The summed E-state index contributed by atoms with van der Waals surface area (Å²) < 4.78 is 0. The van der Waals surface area contributed by atoms with Crippen molar-refractivity contribution < 1.29 is 0 Å². The number of hydrogen-bond donors (Lipinski definition) is 1. The summed E-state index contributed by atoms with van der Waals surface area (Å²) in [6.07, 6.45) is 1.85. The number of halogens is 1. The van der Waals surface area contributed by atoms with Crippen LogP contribution in [0.4, 0.5) is 0 Å². The molecule has 0 unspecified atom stereocenters. The second-order valence-corrected chi connectivity index (χ2v) is 5.42. The number of benzene rings is 2. The maximum absolute atomic E-state index is 6.21. The second-order valence-electron chi connectivity index (χ2n) is 4.98. The van der Waals surface area contributed by atoms with Crippen molar-refractivity contribution in [1.82, 2.24) is 10.2 Å². The van der Waals surface area contributed by atoms with Crippen LogP contribution in [-0.4, -0.2) is 15.9 Å². The first-order chi connectivity index (χ1) is 10.3. The van der Waals surface area contributed by atoms with E-state index in [1.54, 1.807) is 0 Å². The molecule has 0 saturated carbocycles.